The van der Waals surface area contributed by atoms with Crippen molar-refractivity contribution < 1.29 is 14.3 Å². The van der Waals surface area contributed by atoms with Crippen molar-refractivity contribution in [2.75, 3.05) is 0 Å². The zero-order valence-electron chi connectivity index (χ0n) is 8.79. The van der Waals surface area contributed by atoms with Gasteiger partial charge in [-0.25, -0.2) is 0 Å². The van der Waals surface area contributed by atoms with Crippen LogP contribution in [-0.4, -0.2) is 17.9 Å². The van der Waals surface area contributed by atoms with Gasteiger partial charge in [0, 0.05) is 0 Å². The number of ether oxygens (including phenoxy) is 1. The average Bonchev–Trinajstić information content (AvgIpc) is 2.04. The molecule has 0 rings (SSSR count). The Hall–Kier alpha value is -0.860. The Balaban J connectivity index is 3.92. The van der Waals surface area contributed by atoms with E-state index in [1.54, 1.807) is 6.92 Å². The molecule has 3 nitrogen and oxygen atoms in total. The second-order valence-corrected chi connectivity index (χ2v) is 3.38. The van der Waals surface area contributed by atoms with E-state index >= 15 is 0 Å². The highest BCUT2D eigenvalue weighted by molar-refractivity contribution is 5.83. The maximum atomic E-state index is 11.3. The van der Waals surface area contributed by atoms with Crippen LogP contribution in [0.25, 0.3) is 0 Å². The SMILES string of the molecule is CCCC(C)C(=O)OC(C)C(C)=O. The van der Waals surface area contributed by atoms with Gasteiger partial charge in [-0.1, -0.05) is 20.3 Å². The Morgan fingerprint density at radius 1 is 1.31 bits per heavy atom. The molecule has 0 spiro atoms. The molecule has 0 aliphatic carbocycles. The molecule has 2 atom stereocenters. The molecule has 0 aromatic heterocycles. The molecule has 0 aliphatic heterocycles. The van der Waals surface area contributed by atoms with Crippen molar-refractivity contribution >= 4 is 11.8 Å². The van der Waals surface area contributed by atoms with E-state index in [4.69, 9.17) is 4.74 Å². The normalized spacial score (nSPS) is 14.8. The van der Waals surface area contributed by atoms with E-state index in [0.717, 1.165) is 12.8 Å². The van der Waals surface area contributed by atoms with Gasteiger partial charge in [0.05, 0.1) is 5.92 Å². The zero-order chi connectivity index (χ0) is 10.4. The van der Waals surface area contributed by atoms with Crippen LogP contribution in [0.5, 0.6) is 0 Å². The molecule has 0 bridgehead atoms. The molecule has 0 heterocycles. The second-order valence-electron chi connectivity index (χ2n) is 3.38. The van der Waals surface area contributed by atoms with Crippen molar-refractivity contribution in [1.82, 2.24) is 0 Å². The van der Waals surface area contributed by atoms with Crippen molar-refractivity contribution in [3.8, 4) is 0 Å². The summed E-state index contributed by atoms with van der Waals surface area (Å²) in [7, 11) is 0. The second kappa shape index (κ2) is 5.73. The van der Waals surface area contributed by atoms with Gasteiger partial charge in [-0.15, -0.1) is 0 Å². The molecular weight excluding hydrogens is 168 g/mol. The van der Waals surface area contributed by atoms with Crippen molar-refractivity contribution in [2.24, 2.45) is 5.92 Å². The lowest BCUT2D eigenvalue weighted by atomic mass is 10.1. The molecule has 0 aromatic carbocycles. The summed E-state index contributed by atoms with van der Waals surface area (Å²) in [6, 6.07) is 0. The Kier molecular flexibility index (Phi) is 5.35. The van der Waals surface area contributed by atoms with Crippen LogP contribution in [0.1, 0.15) is 40.5 Å². The smallest absolute Gasteiger partial charge is 0.309 e. The summed E-state index contributed by atoms with van der Waals surface area (Å²) in [6.07, 6.45) is 1.15. The van der Waals surface area contributed by atoms with E-state index in [9.17, 15) is 9.59 Å². The van der Waals surface area contributed by atoms with Crippen molar-refractivity contribution in [3.63, 3.8) is 0 Å². The lowest BCUT2D eigenvalue weighted by molar-refractivity contribution is -0.157. The molecular formula is C10H18O3. The minimum Gasteiger partial charge on any atom is -0.454 e. The minimum absolute atomic E-state index is 0.105. The van der Waals surface area contributed by atoms with Crippen LogP contribution < -0.4 is 0 Å². The van der Waals surface area contributed by atoms with Crippen LogP contribution in [-0.2, 0) is 14.3 Å². The number of rotatable bonds is 5. The lowest BCUT2D eigenvalue weighted by Gasteiger charge is -2.13. The fraction of sp³-hybridized carbons (Fsp3) is 0.800. The fourth-order valence-electron chi connectivity index (χ4n) is 0.924. The van der Waals surface area contributed by atoms with Crippen LogP contribution in [0.2, 0.25) is 0 Å². The van der Waals surface area contributed by atoms with E-state index in [0.29, 0.717) is 0 Å². The molecule has 76 valence electrons. The summed E-state index contributed by atoms with van der Waals surface area (Å²) in [5, 5.41) is 0. The Labute approximate surface area is 79.5 Å². The number of esters is 1. The monoisotopic (exact) mass is 186 g/mol. The average molecular weight is 186 g/mol. The van der Waals surface area contributed by atoms with Crippen LogP contribution >= 0.6 is 0 Å². The lowest BCUT2D eigenvalue weighted by Crippen LogP contribution is -2.25. The third-order valence-corrected chi connectivity index (χ3v) is 1.99. The van der Waals surface area contributed by atoms with Gasteiger partial charge in [0.15, 0.2) is 11.9 Å². The van der Waals surface area contributed by atoms with Crippen molar-refractivity contribution in [3.05, 3.63) is 0 Å². The highest BCUT2D eigenvalue weighted by Gasteiger charge is 2.18. The first-order chi connectivity index (χ1) is 5.99. The van der Waals surface area contributed by atoms with Crippen LogP contribution in [0.15, 0.2) is 0 Å². The predicted molar refractivity (Wildman–Crippen MR) is 50.3 cm³/mol. The highest BCUT2D eigenvalue weighted by Crippen LogP contribution is 2.08. The number of hydrogen-bond donors (Lipinski definition) is 0. The Morgan fingerprint density at radius 3 is 2.23 bits per heavy atom. The number of ketones is 1. The first-order valence-corrected chi connectivity index (χ1v) is 4.70. The Morgan fingerprint density at radius 2 is 1.85 bits per heavy atom. The Bertz CT molecular complexity index is 187. The largest absolute Gasteiger partial charge is 0.454 e. The van der Waals surface area contributed by atoms with Gasteiger partial charge in [0.2, 0.25) is 0 Å². The molecule has 0 saturated heterocycles. The van der Waals surface area contributed by atoms with Crippen LogP contribution in [0, 0.1) is 5.92 Å². The van der Waals surface area contributed by atoms with Crippen molar-refractivity contribution in [1.29, 1.82) is 0 Å². The molecule has 2 unspecified atom stereocenters. The number of carbonyl (C=O) groups excluding carboxylic acids is 2. The van der Waals surface area contributed by atoms with Gasteiger partial charge in [-0.3, -0.25) is 9.59 Å². The third kappa shape index (κ3) is 4.65. The highest BCUT2D eigenvalue weighted by atomic mass is 16.5. The van der Waals surface area contributed by atoms with Gasteiger partial charge in [0.1, 0.15) is 0 Å². The van der Waals surface area contributed by atoms with Gasteiger partial charge in [0.25, 0.3) is 0 Å². The minimum atomic E-state index is -0.605. The topological polar surface area (TPSA) is 43.4 Å². The van der Waals surface area contributed by atoms with E-state index in [-0.39, 0.29) is 17.7 Å². The van der Waals surface area contributed by atoms with Crippen LogP contribution in [0.4, 0.5) is 0 Å². The summed E-state index contributed by atoms with van der Waals surface area (Å²) in [4.78, 5) is 22.1. The molecule has 0 saturated carbocycles. The number of hydrogen-bond acceptors (Lipinski definition) is 3. The van der Waals surface area contributed by atoms with Gasteiger partial charge in [-0.2, -0.15) is 0 Å². The fourth-order valence-corrected chi connectivity index (χ4v) is 0.924. The standard InChI is InChI=1S/C10H18O3/c1-5-6-7(2)10(12)13-9(4)8(3)11/h7,9H,5-6H2,1-4H3. The molecule has 0 N–H and O–H groups in total. The zero-order valence-corrected chi connectivity index (χ0v) is 8.79. The molecule has 0 aromatic rings. The maximum absolute atomic E-state index is 11.3. The maximum Gasteiger partial charge on any atom is 0.309 e. The number of carbonyl (C=O) groups is 2. The molecule has 3 heteroatoms. The molecule has 0 fully saturated rings. The summed E-state index contributed by atoms with van der Waals surface area (Å²) in [5.41, 5.74) is 0. The molecule has 0 amide bonds. The van der Waals surface area contributed by atoms with E-state index in [1.165, 1.54) is 6.92 Å². The molecule has 0 radical (unpaired) electrons. The first-order valence-electron chi connectivity index (χ1n) is 4.70. The quantitative estimate of drug-likeness (QED) is 0.616. The van der Waals surface area contributed by atoms with E-state index < -0.39 is 6.10 Å². The summed E-state index contributed by atoms with van der Waals surface area (Å²) in [6.45, 7) is 6.85. The first kappa shape index (κ1) is 12.1. The predicted octanol–water partition coefficient (Wildman–Crippen LogP) is 1.94. The van der Waals surface area contributed by atoms with E-state index in [2.05, 4.69) is 0 Å². The van der Waals surface area contributed by atoms with Gasteiger partial charge < -0.3 is 4.74 Å². The number of Topliss-reactive ketones (excluding diaryl/α,β-unsaturated/α-hetero) is 1. The summed E-state index contributed by atoms with van der Waals surface area (Å²) >= 11 is 0. The third-order valence-electron chi connectivity index (χ3n) is 1.99. The van der Waals surface area contributed by atoms with Crippen LogP contribution in [0.3, 0.4) is 0 Å². The summed E-state index contributed by atoms with van der Waals surface area (Å²) < 4.78 is 4.94. The van der Waals surface area contributed by atoms with E-state index in [1.807, 2.05) is 13.8 Å². The molecule has 13 heavy (non-hydrogen) atoms. The van der Waals surface area contributed by atoms with Gasteiger partial charge >= 0.3 is 5.97 Å². The van der Waals surface area contributed by atoms with Gasteiger partial charge in [-0.05, 0) is 20.3 Å². The summed E-state index contributed by atoms with van der Waals surface area (Å²) in [5.74, 6) is -0.492. The van der Waals surface area contributed by atoms with Crippen molar-refractivity contribution in [2.45, 2.75) is 46.6 Å². The molecule has 0 aliphatic rings.